The van der Waals surface area contributed by atoms with Crippen molar-refractivity contribution in [3.63, 3.8) is 0 Å². The van der Waals surface area contributed by atoms with E-state index >= 15 is 0 Å². The molecule has 0 amide bonds. The summed E-state index contributed by atoms with van der Waals surface area (Å²) >= 11 is 0. The van der Waals surface area contributed by atoms with Crippen molar-refractivity contribution in [2.24, 2.45) is 0 Å². The number of quaternary nitrogens is 1. The van der Waals surface area contributed by atoms with Crippen LogP contribution in [0.1, 0.15) is 0 Å². The average Bonchev–Trinajstić information content (AvgIpc) is 2.17. The minimum Gasteiger partial charge on any atom is -0.870 e. The molecule has 0 aliphatic rings. The molecule has 0 aliphatic carbocycles. The van der Waals surface area contributed by atoms with E-state index in [0.29, 0.717) is 24.1 Å². The number of hydrogen-bond acceptors (Lipinski definition) is 2. The van der Waals surface area contributed by atoms with Gasteiger partial charge < -0.3 is 10.6 Å². The van der Waals surface area contributed by atoms with Crippen molar-refractivity contribution in [1.82, 2.24) is 0 Å². The molecule has 0 bridgehead atoms. The molecule has 0 aliphatic heterocycles. The maximum atomic E-state index is 9.87. The number of hydrogen-bond donors (Lipinski definition) is 1. The monoisotopic (exact) mass is 211 g/mol. The second kappa shape index (κ2) is 8.17. The highest BCUT2D eigenvalue weighted by atomic mass is 16.3. The van der Waals surface area contributed by atoms with Crippen molar-refractivity contribution in [2.45, 2.75) is 6.23 Å². The van der Waals surface area contributed by atoms with Gasteiger partial charge in [0, 0.05) is 0 Å². The van der Waals surface area contributed by atoms with Gasteiger partial charge in [-0.1, -0.05) is 26.3 Å². The highest BCUT2D eigenvalue weighted by Gasteiger charge is 2.29. The highest BCUT2D eigenvalue weighted by Crippen LogP contribution is 2.13. The summed E-state index contributed by atoms with van der Waals surface area (Å²) in [6.45, 7) is 16.7. The summed E-state index contributed by atoms with van der Waals surface area (Å²) in [6.07, 6.45) is 6.30. The van der Waals surface area contributed by atoms with Crippen molar-refractivity contribution in [2.75, 3.05) is 19.6 Å². The fourth-order valence-electron chi connectivity index (χ4n) is 1.54. The van der Waals surface area contributed by atoms with E-state index in [1.54, 1.807) is 18.2 Å². The molecule has 0 heterocycles. The van der Waals surface area contributed by atoms with Gasteiger partial charge in [0.25, 0.3) is 0 Å². The third-order valence-corrected chi connectivity index (χ3v) is 2.25. The molecule has 0 saturated carbocycles. The average molecular weight is 211 g/mol. The van der Waals surface area contributed by atoms with Crippen LogP contribution in [0.25, 0.3) is 0 Å². The summed E-state index contributed by atoms with van der Waals surface area (Å²) in [5, 5.41) is 9.87. The number of nitrogens with zero attached hydrogens (tertiary/aromatic N) is 1. The number of aliphatic hydroxyl groups is 1. The largest absolute Gasteiger partial charge is 0.870 e. The molecular formula is C12H21NO2. The lowest BCUT2D eigenvalue weighted by Gasteiger charge is -2.38. The van der Waals surface area contributed by atoms with Gasteiger partial charge in [0.2, 0.25) is 6.23 Å². The molecule has 0 rings (SSSR count). The maximum absolute atomic E-state index is 9.87. The molecule has 86 valence electrons. The molecule has 0 aromatic rings. The second-order valence-electron chi connectivity index (χ2n) is 3.28. The van der Waals surface area contributed by atoms with Gasteiger partial charge in [0.05, 0.1) is 19.6 Å². The fraction of sp³-hybridized carbons (Fsp3) is 0.333. The molecular weight excluding hydrogens is 190 g/mol. The lowest BCUT2D eigenvalue weighted by Crippen LogP contribution is -2.55. The van der Waals surface area contributed by atoms with Crippen molar-refractivity contribution >= 4 is 0 Å². The third kappa shape index (κ3) is 4.25. The van der Waals surface area contributed by atoms with Gasteiger partial charge in [-0.15, -0.1) is 0 Å². The summed E-state index contributed by atoms with van der Waals surface area (Å²) in [5.41, 5.74) is 0. The van der Waals surface area contributed by atoms with Gasteiger partial charge in [-0.2, -0.15) is 0 Å². The Bertz CT molecular complexity index is 197. The van der Waals surface area contributed by atoms with E-state index in [1.807, 2.05) is 0 Å². The number of rotatable bonds is 8. The molecule has 0 spiro atoms. The summed E-state index contributed by atoms with van der Waals surface area (Å²) in [7, 11) is 0. The van der Waals surface area contributed by atoms with E-state index in [1.165, 1.54) is 6.08 Å². The first-order valence-electron chi connectivity index (χ1n) is 4.66. The predicted octanol–water partition coefficient (Wildman–Crippen LogP) is 1.69. The van der Waals surface area contributed by atoms with Crippen LogP contribution >= 0.6 is 0 Å². The molecule has 0 aromatic heterocycles. The smallest absolute Gasteiger partial charge is 0.210 e. The second-order valence-corrected chi connectivity index (χ2v) is 3.28. The van der Waals surface area contributed by atoms with Crippen molar-refractivity contribution in [1.29, 1.82) is 0 Å². The van der Waals surface area contributed by atoms with E-state index in [0.717, 1.165) is 0 Å². The van der Waals surface area contributed by atoms with Crippen LogP contribution in [0.15, 0.2) is 50.6 Å². The highest BCUT2D eigenvalue weighted by molar-refractivity contribution is 4.82. The SMILES string of the molecule is C=CC[N+](CC=C)(CC=C)C(O)C=C.[OH-]. The van der Waals surface area contributed by atoms with Crippen LogP contribution in [-0.2, 0) is 0 Å². The normalized spacial score (nSPS) is 12.1. The van der Waals surface area contributed by atoms with Gasteiger partial charge >= 0.3 is 0 Å². The van der Waals surface area contributed by atoms with Crippen molar-refractivity contribution < 1.29 is 15.1 Å². The lowest BCUT2D eigenvalue weighted by molar-refractivity contribution is -0.949. The van der Waals surface area contributed by atoms with Gasteiger partial charge in [0.1, 0.15) is 0 Å². The Labute approximate surface area is 92.2 Å². The molecule has 0 saturated heterocycles. The van der Waals surface area contributed by atoms with Crippen LogP contribution < -0.4 is 0 Å². The van der Waals surface area contributed by atoms with E-state index in [4.69, 9.17) is 0 Å². The van der Waals surface area contributed by atoms with Gasteiger partial charge in [-0.25, -0.2) is 0 Å². The summed E-state index contributed by atoms with van der Waals surface area (Å²) < 4.78 is 0.444. The molecule has 1 unspecified atom stereocenters. The van der Waals surface area contributed by atoms with E-state index in [2.05, 4.69) is 26.3 Å². The molecule has 3 heteroatoms. The molecule has 0 aromatic carbocycles. The topological polar surface area (TPSA) is 50.2 Å². The molecule has 0 fully saturated rings. The van der Waals surface area contributed by atoms with E-state index in [-0.39, 0.29) is 5.48 Å². The Morgan fingerprint density at radius 2 is 1.27 bits per heavy atom. The van der Waals surface area contributed by atoms with Crippen LogP contribution in [0.2, 0.25) is 0 Å². The molecule has 15 heavy (non-hydrogen) atoms. The van der Waals surface area contributed by atoms with E-state index < -0.39 is 6.23 Å². The van der Waals surface area contributed by atoms with Crippen molar-refractivity contribution in [3.05, 3.63) is 50.6 Å². The zero-order valence-corrected chi connectivity index (χ0v) is 9.18. The fourth-order valence-corrected chi connectivity index (χ4v) is 1.54. The first-order chi connectivity index (χ1) is 6.66. The Morgan fingerprint density at radius 3 is 1.47 bits per heavy atom. The Hall–Kier alpha value is -1.16. The standard InChI is InChI=1S/C12H20NO.H2O/c1-5-9-13(10-6-2,11-7-3)12(14)8-4;/h5-8,12,14H,1-4,9-11H2;1H2/q+1;/p-1. The third-order valence-electron chi connectivity index (χ3n) is 2.25. The Balaban J connectivity index is 0. The first kappa shape index (κ1) is 16.3. The number of aliphatic hydroxyl groups excluding tert-OH is 1. The summed E-state index contributed by atoms with van der Waals surface area (Å²) in [6, 6.07) is 0. The minimum absolute atomic E-state index is 0. The maximum Gasteiger partial charge on any atom is 0.210 e. The van der Waals surface area contributed by atoms with Gasteiger partial charge in [-0.05, 0) is 24.3 Å². The summed E-state index contributed by atoms with van der Waals surface area (Å²) in [4.78, 5) is 0. The minimum atomic E-state index is -0.607. The first-order valence-corrected chi connectivity index (χ1v) is 4.66. The zero-order valence-electron chi connectivity index (χ0n) is 9.18. The quantitative estimate of drug-likeness (QED) is 0.377. The zero-order chi connectivity index (χ0) is 11.0. The van der Waals surface area contributed by atoms with Crippen LogP contribution in [0.3, 0.4) is 0 Å². The molecule has 2 N–H and O–H groups in total. The van der Waals surface area contributed by atoms with Gasteiger partial charge in [-0.3, -0.25) is 4.48 Å². The lowest BCUT2D eigenvalue weighted by atomic mass is 10.2. The molecule has 1 atom stereocenters. The van der Waals surface area contributed by atoms with Crippen LogP contribution in [0.4, 0.5) is 0 Å². The Morgan fingerprint density at radius 1 is 0.933 bits per heavy atom. The molecule has 0 radical (unpaired) electrons. The van der Waals surface area contributed by atoms with Crippen LogP contribution in [0.5, 0.6) is 0 Å². The van der Waals surface area contributed by atoms with Crippen LogP contribution in [0, 0.1) is 0 Å². The van der Waals surface area contributed by atoms with E-state index in [9.17, 15) is 5.11 Å². The molecule has 3 nitrogen and oxygen atoms in total. The predicted molar refractivity (Wildman–Crippen MR) is 63.6 cm³/mol. The van der Waals surface area contributed by atoms with Crippen LogP contribution in [-0.4, -0.2) is 40.9 Å². The van der Waals surface area contributed by atoms with Crippen molar-refractivity contribution in [3.8, 4) is 0 Å². The van der Waals surface area contributed by atoms with Gasteiger partial charge in [0.15, 0.2) is 0 Å². The summed E-state index contributed by atoms with van der Waals surface area (Å²) in [5.74, 6) is 0. The Kier molecular flexibility index (Phi) is 8.87.